The van der Waals surface area contributed by atoms with E-state index in [1.54, 1.807) is 55.4 Å². The Kier molecular flexibility index (Phi) is 76.7. The maximum atomic E-state index is 8.56. The summed E-state index contributed by atoms with van der Waals surface area (Å²) in [5.74, 6) is 11.3. The van der Waals surface area contributed by atoms with E-state index in [4.69, 9.17) is 142 Å². The molecule has 32 nitrogen and oxygen atoms in total. The number of amidine groups is 6. The van der Waals surface area contributed by atoms with Crippen LogP contribution in [0.15, 0.2) is 211 Å². The highest BCUT2D eigenvalue weighted by atomic mass is 32.2. The van der Waals surface area contributed by atoms with Gasteiger partial charge in [-0.3, -0.25) is 57.4 Å². The summed E-state index contributed by atoms with van der Waals surface area (Å²) in [7, 11) is 0. The van der Waals surface area contributed by atoms with Crippen molar-refractivity contribution in [3.8, 4) is 72.5 Å². The Morgan fingerprint density at radius 2 is 0.730 bits per heavy atom. The van der Waals surface area contributed by atoms with Gasteiger partial charge in [-0.1, -0.05) is 188 Å². The number of rotatable bonds is 30. The molecule has 0 saturated carbocycles. The van der Waals surface area contributed by atoms with E-state index in [9.17, 15) is 0 Å². The Bertz CT molecular complexity index is 4730. The van der Waals surface area contributed by atoms with Crippen LogP contribution in [0.4, 0.5) is 0 Å². The second kappa shape index (κ2) is 81.2. The van der Waals surface area contributed by atoms with Gasteiger partial charge in [0.05, 0.1) is 148 Å². The number of benzene rings is 2. The van der Waals surface area contributed by atoms with Crippen molar-refractivity contribution >= 4 is 149 Å². The molecule has 654 valence electrons. The molecule has 7 rings (SSSR count). The minimum atomic E-state index is 0. The zero-order valence-corrected chi connectivity index (χ0v) is 76.9. The van der Waals surface area contributed by atoms with Gasteiger partial charge in [-0.2, -0.15) is 52.6 Å². The van der Waals surface area contributed by atoms with E-state index in [-0.39, 0.29) is 37.2 Å². The molecule has 7 aromatic rings. The van der Waals surface area contributed by atoms with Crippen molar-refractivity contribution in [2.24, 2.45) is 57.3 Å². The molecule has 0 bridgehead atoms. The van der Waals surface area contributed by atoms with Crippen LogP contribution >= 0.6 is 118 Å². The van der Waals surface area contributed by atoms with Crippen molar-refractivity contribution in [3.63, 3.8) is 0 Å². The first-order valence-corrected chi connectivity index (χ1v) is 45.2. The molecule has 0 aliphatic rings. The van der Waals surface area contributed by atoms with E-state index in [2.05, 4.69) is 99.5 Å². The fraction of sp³-hybridized carbons (Fsp3) is 0.202. The van der Waals surface area contributed by atoms with Crippen LogP contribution in [0.1, 0.15) is 78.4 Å². The summed E-state index contributed by atoms with van der Waals surface area (Å²) in [6.07, 6.45) is 19.1. The average molecular weight is 1880 g/mol. The maximum absolute atomic E-state index is 8.56. The molecule has 0 spiro atoms. The Morgan fingerprint density at radius 3 is 1.18 bits per heavy atom. The van der Waals surface area contributed by atoms with E-state index in [0.717, 1.165) is 108 Å². The summed E-state index contributed by atoms with van der Waals surface area (Å²) >= 11 is 13.2. The third-order valence-electron chi connectivity index (χ3n) is 12.8. The molecule has 0 fully saturated rings. The minimum Gasteiger partial charge on any atom is -0.394 e. The van der Waals surface area contributed by atoms with Gasteiger partial charge in [-0.15, -0.1) is 47.0 Å². The highest BCUT2D eigenvalue weighted by molar-refractivity contribution is 8.14. The number of hydrogen-bond donors (Lipinski definition) is 17. The maximum Gasteiger partial charge on any atom is 0.152 e. The number of nitrogens with zero attached hydrogens (tertiary/aromatic N) is 15. The quantitative estimate of drug-likeness (QED) is 0.00860. The monoisotopic (exact) mass is 1870 g/mol. The molecule has 126 heavy (non-hydrogen) atoms. The van der Waals surface area contributed by atoms with Gasteiger partial charge in [0.25, 0.3) is 0 Å². The molecule has 0 aliphatic heterocycles. The van der Waals surface area contributed by atoms with E-state index in [1.165, 1.54) is 124 Å². The Morgan fingerprint density at radius 1 is 0.333 bits per heavy atom. The zero-order valence-electron chi connectivity index (χ0n) is 68.7. The normalized spacial score (nSPS) is 9.06. The van der Waals surface area contributed by atoms with Crippen LogP contribution in [0, 0.1) is 158 Å². The van der Waals surface area contributed by atoms with Crippen molar-refractivity contribution in [2.75, 3.05) is 17.3 Å². The Hall–Kier alpha value is -13.4. The lowest BCUT2D eigenvalue weighted by Crippen LogP contribution is -2.05. The van der Waals surface area contributed by atoms with Gasteiger partial charge in [0.1, 0.15) is 0 Å². The van der Waals surface area contributed by atoms with Crippen molar-refractivity contribution in [1.82, 2.24) is 31.1 Å². The fourth-order valence-corrected chi connectivity index (χ4v) is 12.2. The van der Waals surface area contributed by atoms with Gasteiger partial charge >= 0.3 is 0 Å². The predicted octanol–water partition coefficient (Wildman–Crippen LogP) is 14.0. The number of nitriles is 10. The molecule has 5 aromatic heterocycles. The lowest BCUT2D eigenvalue weighted by molar-refractivity contribution is 1.07. The van der Waals surface area contributed by atoms with Gasteiger partial charge < -0.3 is 63.5 Å². The van der Waals surface area contributed by atoms with Crippen LogP contribution in [0.5, 0.6) is 0 Å². The number of nitrogens with two attached hydrogens (primary N) is 10. The molecular weight excluding hydrogens is 1780 g/mol. The summed E-state index contributed by atoms with van der Waals surface area (Å²) < 4.78 is 0. The first-order chi connectivity index (χ1) is 59.9. The van der Waals surface area contributed by atoms with Gasteiger partial charge in [0.15, 0.2) is 37.1 Å². The Labute approximate surface area is 780 Å². The topological polar surface area (TPSA) is 741 Å². The molecule has 0 aliphatic carbocycles. The van der Waals surface area contributed by atoms with Gasteiger partial charge in [0, 0.05) is 107 Å². The Balaban J connectivity index is -0.000000659. The van der Waals surface area contributed by atoms with Crippen LogP contribution in [-0.2, 0) is 85.2 Å². The number of thioether (sulfide) groups is 10. The molecule has 0 saturated heterocycles. The SMILES string of the molecule is C=C(N)SC/C=C\C#N.C=C(N)SCc1ccc(CC#N)cc1.C=C(N)SCc1ccc(CC#N)cn1.C=C(N)SCc1ccc(CC#N)cn1.N.N#C/C=C/CSC(=N)N.N#CC#CCSC(=N)N.N#CCc1cc(CSC(=N)N)ccn1.N#CCc1cccc(CSC(=N)N)c1.N#CCc1cncc(CSC(=N)N)c1.N#CCc1ncccc1CSC(=N)N. The lowest BCUT2D eigenvalue weighted by atomic mass is 10.1. The molecule has 0 atom stereocenters. The van der Waals surface area contributed by atoms with Crippen molar-refractivity contribution in [2.45, 2.75) is 85.2 Å². The van der Waals surface area contributed by atoms with Crippen LogP contribution in [0.3, 0.4) is 0 Å². The van der Waals surface area contributed by atoms with E-state index < -0.39 is 0 Å². The highest BCUT2D eigenvalue weighted by Crippen LogP contribution is 2.21. The first-order valence-electron chi connectivity index (χ1n) is 35.3. The number of aromatic nitrogens is 5. The van der Waals surface area contributed by atoms with Crippen molar-refractivity contribution < 1.29 is 0 Å². The smallest absolute Gasteiger partial charge is 0.152 e. The van der Waals surface area contributed by atoms with E-state index in [1.807, 2.05) is 121 Å². The molecule has 42 heteroatoms. The molecular formula is C84H98N32S10. The largest absolute Gasteiger partial charge is 0.394 e. The van der Waals surface area contributed by atoms with Gasteiger partial charge in [-0.05, 0) is 86.0 Å². The molecule has 0 unspecified atom stereocenters. The highest BCUT2D eigenvalue weighted by Gasteiger charge is 2.06. The molecule has 5 heterocycles. The first kappa shape index (κ1) is 119. The van der Waals surface area contributed by atoms with E-state index in [0.29, 0.717) is 99.6 Å². The summed E-state index contributed by atoms with van der Waals surface area (Å²) in [5, 5.41) is 128. The molecule has 0 amide bonds. The molecule has 0 radical (unpaired) electrons. The predicted molar refractivity (Wildman–Crippen MR) is 528 cm³/mol. The summed E-state index contributed by atoms with van der Waals surface area (Å²) in [6.45, 7) is 14.3. The second-order valence-corrected chi connectivity index (χ2v) is 33.3. The molecule has 29 N–H and O–H groups in total. The minimum absolute atomic E-state index is 0. The van der Waals surface area contributed by atoms with Gasteiger partial charge in [0.2, 0.25) is 0 Å². The van der Waals surface area contributed by atoms with Crippen LogP contribution in [0.25, 0.3) is 0 Å². The van der Waals surface area contributed by atoms with Crippen molar-refractivity contribution in [1.29, 1.82) is 85.1 Å². The number of hydrogen-bond acceptors (Lipinski definition) is 36. The third kappa shape index (κ3) is 76.7. The average Bonchev–Trinajstić information content (AvgIpc) is 0.930. The number of allylic oxidation sites excluding steroid dienone is 2. The summed E-state index contributed by atoms with van der Waals surface area (Å²) in [6, 6.07) is 52.6. The summed E-state index contributed by atoms with van der Waals surface area (Å²) in [4.78, 5) is 20.5. The van der Waals surface area contributed by atoms with Gasteiger partial charge in [-0.25, -0.2) is 0 Å². The third-order valence-corrected chi connectivity index (χ3v) is 20.4. The van der Waals surface area contributed by atoms with Crippen LogP contribution in [-0.4, -0.2) is 73.2 Å². The zero-order chi connectivity index (χ0) is 94.1. The van der Waals surface area contributed by atoms with Crippen molar-refractivity contribution in [3.05, 3.63) is 289 Å². The van der Waals surface area contributed by atoms with Crippen LogP contribution < -0.4 is 63.5 Å². The van der Waals surface area contributed by atoms with Crippen LogP contribution in [0.2, 0.25) is 0 Å². The molecule has 2 aromatic carbocycles. The fourth-order valence-electron chi connectivity index (χ4n) is 7.51. The summed E-state index contributed by atoms with van der Waals surface area (Å²) in [5.41, 5.74) is 65.9. The number of pyridine rings is 5. The second-order valence-electron chi connectivity index (χ2n) is 22.7. The standard InChI is InChI=1S/C11H12N2S.3C10H11N3S.3C9H10N4S.C6H8N2S.C5H7N3S.C5H5N3S.H3N/c1-9(13)14-8-11-4-2-10(3-5-11)6-7-12;2*1-8(12)14-7-10-3-2-9(4-5-11)6-13-10;11-5-4-8-2-1-3-9(6-8)7-14-10(12)13;10-3-1-8-5-7(2-4-13-8)6-14-9(11)12;10-2-1-7-3-8(5-13-4-7)6-14-9(11)12;10-4-3-8-7(2-1-5-13-8)6-14-9(11)12;1-6(8)9-5-3-2-4-7;2*6-3-1-2-4-9-5(7)8;/h2-5H,1,6,8,13H2;2*2-3,6H,1,4,7,12H2;1-3,6H,4,7H2,(H3,12,13);2,4-5H,1,6H2,(H3,11,12);3-5H,1,6H2,(H3,11,12);1-2,5H,3,6H2,(H3,11,12);2-3H,1,5,8H2;1-2H,4H2,(H3,7,8);4H2,(H3,7,8);1H3/b;;;;;;;3-2-;2-1+;;. The van der Waals surface area contributed by atoms with E-state index >= 15 is 0 Å². The lowest BCUT2D eigenvalue weighted by Gasteiger charge is -2.03. The number of nitrogens with one attached hydrogen (secondary N) is 6.